The minimum Gasteiger partial charge on any atom is -0.490 e. The lowest BCUT2D eigenvalue weighted by Crippen LogP contribution is -2.23. The van der Waals surface area contributed by atoms with Crippen LogP contribution < -0.4 is 19.5 Å². The number of para-hydroxylation sites is 2. The van der Waals surface area contributed by atoms with Crippen molar-refractivity contribution in [3.05, 3.63) is 120 Å². The van der Waals surface area contributed by atoms with Gasteiger partial charge in [-0.3, -0.25) is 9.78 Å². The van der Waals surface area contributed by atoms with Gasteiger partial charge in [0.2, 0.25) is 0 Å². The van der Waals surface area contributed by atoms with E-state index in [0.717, 1.165) is 22.8 Å². The number of benzene rings is 3. The fourth-order valence-electron chi connectivity index (χ4n) is 3.27. The molecule has 6 heteroatoms. The van der Waals surface area contributed by atoms with Crippen LogP contribution >= 0.6 is 0 Å². The number of amides is 1. The second kappa shape index (κ2) is 12.1. The van der Waals surface area contributed by atoms with Gasteiger partial charge in [0.05, 0.1) is 11.3 Å². The van der Waals surface area contributed by atoms with Gasteiger partial charge in [-0.2, -0.15) is 0 Å². The Morgan fingerprint density at radius 2 is 1.50 bits per heavy atom. The van der Waals surface area contributed by atoms with Crippen LogP contribution in [0.5, 0.6) is 17.2 Å². The van der Waals surface area contributed by atoms with Crippen LogP contribution in [0.3, 0.4) is 0 Å². The molecule has 3 aromatic carbocycles. The van der Waals surface area contributed by atoms with Gasteiger partial charge in [-0.05, 0) is 54.1 Å². The molecular weight excluding hydrogens is 428 g/mol. The van der Waals surface area contributed by atoms with E-state index in [9.17, 15) is 4.79 Å². The molecule has 0 saturated heterocycles. The molecule has 0 atom stereocenters. The van der Waals surface area contributed by atoms with E-state index >= 15 is 0 Å². The number of carbonyl (C=O) groups is 1. The van der Waals surface area contributed by atoms with Gasteiger partial charge >= 0.3 is 0 Å². The molecule has 1 heterocycles. The van der Waals surface area contributed by atoms with E-state index in [1.807, 2.05) is 84.9 Å². The van der Waals surface area contributed by atoms with Crippen LogP contribution in [0.15, 0.2) is 103 Å². The fraction of sp³-hybridized carbons (Fsp3) is 0.143. The second-order valence-electron chi connectivity index (χ2n) is 7.45. The van der Waals surface area contributed by atoms with Gasteiger partial charge in [-0.1, -0.05) is 48.5 Å². The summed E-state index contributed by atoms with van der Waals surface area (Å²) in [4.78, 5) is 17.1. The largest absolute Gasteiger partial charge is 0.490 e. The summed E-state index contributed by atoms with van der Waals surface area (Å²) < 4.78 is 17.3. The minimum absolute atomic E-state index is 0.209. The van der Waals surface area contributed by atoms with Gasteiger partial charge in [-0.15, -0.1) is 0 Å². The summed E-state index contributed by atoms with van der Waals surface area (Å²) in [6.45, 7) is 1.46. The number of rotatable bonds is 11. The lowest BCUT2D eigenvalue weighted by Gasteiger charge is -2.13. The summed E-state index contributed by atoms with van der Waals surface area (Å²) in [7, 11) is 0. The smallest absolute Gasteiger partial charge is 0.255 e. The van der Waals surface area contributed by atoms with Crippen molar-refractivity contribution in [3.8, 4) is 17.2 Å². The molecule has 1 amide bonds. The van der Waals surface area contributed by atoms with Crippen molar-refractivity contribution in [1.82, 2.24) is 10.3 Å². The first-order valence-corrected chi connectivity index (χ1v) is 11.1. The zero-order chi connectivity index (χ0) is 23.4. The summed E-state index contributed by atoms with van der Waals surface area (Å²) in [5, 5.41) is 2.95. The Bertz CT molecular complexity index is 1180. The van der Waals surface area contributed by atoms with Crippen LogP contribution in [0.25, 0.3) is 0 Å². The van der Waals surface area contributed by atoms with Crippen LogP contribution in [0.2, 0.25) is 0 Å². The molecule has 0 radical (unpaired) electrons. The number of nitrogens with zero attached hydrogens (tertiary/aromatic N) is 1. The lowest BCUT2D eigenvalue weighted by molar-refractivity contribution is 0.0945. The Morgan fingerprint density at radius 3 is 2.35 bits per heavy atom. The van der Waals surface area contributed by atoms with E-state index in [-0.39, 0.29) is 5.91 Å². The van der Waals surface area contributed by atoms with Crippen molar-refractivity contribution in [1.29, 1.82) is 0 Å². The zero-order valence-electron chi connectivity index (χ0n) is 18.7. The minimum atomic E-state index is -0.209. The molecule has 34 heavy (non-hydrogen) atoms. The molecule has 0 aliphatic heterocycles. The van der Waals surface area contributed by atoms with E-state index in [0.29, 0.717) is 37.7 Å². The third-order valence-electron chi connectivity index (χ3n) is 4.95. The topological polar surface area (TPSA) is 69.7 Å². The van der Waals surface area contributed by atoms with Gasteiger partial charge in [0.15, 0.2) is 0 Å². The Balaban J connectivity index is 1.28. The van der Waals surface area contributed by atoms with E-state index in [1.165, 1.54) is 0 Å². The van der Waals surface area contributed by atoms with Crippen molar-refractivity contribution in [2.75, 3.05) is 13.2 Å². The molecule has 1 aromatic heterocycles. The maximum absolute atomic E-state index is 12.8. The van der Waals surface area contributed by atoms with Crippen LogP contribution in [-0.4, -0.2) is 24.1 Å². The summed E-state index contributed by atoms with van der Waals surface area (Å²) in [5.74, 6) is 1.81. The molecule has 0 bridgehead atoms. The second-order valence-corrected chi connectivity index (χ2v) is 7.45. The summed E-state index contributed by atoms with van der Waals surface area (Å²) in [5.41, 5.74) is 2.26. The summed E-state index contributed by atoms with van der Waals surface area (Å²) in [6.07, 6.45) is 1.74. The SMILES string of the molecule is O=C(NCc1cccc(OCc2ccccn2)c1)c1ccccc1OCCOc1ccccc1. The first-order chi connectivity index (χ1) is 16.8. The molecule has 0 fully saturated rings. The quantitative estimate of drug-likeness (QED) is 0.321. The number of hydrogen-bond donors (Lipinski definition) is 1. The first-order valence-electron chi connectivity index (χ1n) is 11.1. The maximum atomic E-state index is 12.8. The van der Waals surface area contributed by atoms with E-state index in [2.05, 4.69) is 10.3 Å². The number of hydrogen-bond acceptors (Lipinski definition) is 5. The molecule has 0 aliphatic rings. The van der Waals surface area contributed by atoms with Gasteiger partial charge in [0.25, 0.3) is 5.91 Å². The first kappa shape index (κ1) is 22.9. The number of ether oxygens (including phenoxy) is 3. The van der Waals surface area contributed by atoms with Gasteiger partial charge in [0, 0.05) is 12.7 Å². The van der Waals surface area contributed by atoms with Crippen molar-refractivity contribution in [2.45, 2.75) is 13.2 Å². The van der Waals surface area contributed by atoms with Gasteiger partial charge in [-0.25, -0.2) is 0 Å². The van der Waals surface area contributed by atoms with Crippen LogP contribution in [0, 0.1) is 0 Å². The predicted molar refractivity (Wildman–Crippen MR) is 130 cm³/mol. The number of carbonyl (C=O) groups excluding carboxylic acids is 1. The normalized spacial score (nSPS) is 10.4. The molecule has 0 aliphatic carbocycles. The average Bonchev–Trinajstić information content (AvgIpc) is 2.90. The molecule has 0 saturated carbocycles. The van der Waals surface area contributed by atoms with Crippen molar-refractivity contribution >= 4 is 5.91 Å². The highest BCUT2D eigenvalue weighted by molar-refractivity contribution is 5.96. The molecule has 1 N–H and O–H groups in total. The molecular formula is C28H26N2O4. The van der Waals surface area contributed by atoms with Gasteiger partial charge in [0.1, 0.15) is 37.1 Å². The highest BCUT2D eigenvalue weighted by Gasteiger charge is 2.12. The Hall–Kier alpha value is -4.32. The summed E-state index contributed by atoms with van der Waals surface area (Å²) >= 11 is 0. The fourth-order valence-corrected chi connectivity index (χ4v) is 3.27. The van der Waals surface area contributed by atoms with Gasteiger partial charge < -0.3 is 19.5 Å². The molecule has 0 spiro atoms. The highest BCUT2D eigenvalue weighted by atomic mass is 16.5. The zero-order valence-corrected chi connectivity index (χ0v) is 18.7. The third kappa shape index (κ3) is 6.84. The number of pyridine rings is 1. The monoisotopic (exact) mass is 454 g/mol. The number of aromatic nitrogens is 1. The average molecular weight is 455 g/mol. The standard InChI is InChI=1S/C28H26N2O4/c31-28(26-14-4-5-15-27(26)33-18-17-32-24-11-2-1-3-12-24)30-20-22-9-8-13-25(19-22)34-21-23-10-6-7-16-29-23/h1-16,19H,17-18,20-21H2,(H,30,31). The maximum Gasteiger partial charge on any atom is 0.255 e. The molecule has 0 unspecified atom stereocenters. The molecule has 4 aromatic rings. The van der Waals surface area contributed by atoms with Crippen molar-refractivity contribution in [2.24, 2.45) is 0 Å². The van der Waals surface area contributed by atoms with Crippen LogP contribution in [-0.2, 0) is 13.2 Å². The third-order valence-corrected chi connectivity index (χ3v) is 4.95. The summed E-state index contributed by atoms with van der Waals surface area (Å²) in [6, 6.07) is 30.1. The van der Waals surface area contributed by atoms with E-state index in [4.69, 9.17) is 14.2 Å². The Labute approximate surface area is 199 Å². The lowest BCUT2D eigenvalue weighted by atomic mass is 10.1. The predicted octanol–water partition coefficient (Wildman–Crippen LogP) is 5.05. The van der Waals surface area contributed by atoms with Crippen LogP contribution in [0.4, 0.5) is 0 Å². The Kier molecular flexibility index (Phi) is 8.11. The number of nitrogens with one attached hydrogen (secondary N) is 1. The van der Waals surface area contributed by atoms with Crippen molar-refractivity contribution < 1.29 is 19.0 Å². The molecule has 4 rings (SSSR count). The van der Waals surface area contributed by atoms with E-state index in [1.54, 1.807) is 18.3 Å². The van der Waals surface area contributed by atoms with Crippen molar-refractivity contribution in [3.63, 3.8) is 0 Å². The van der Waals surface area contributed by atoms with E-state index < -0.39 is 0 Å². The Morgan fingerprint density at radius 1 is 0.735 bits per heavy atom. The van der Waals surface area contributed by atoms with Crippen LogP contribution in [0.1, 0.15) is 21.6 Å². The molecule has 172 valence electrons. The highest BCUT2D eigenvalue weighted by Crippen LogP contribution is 2.19. The molecule has 6 nitrogen and oxygen atoms in total.